The molecule has 0 unspecified atom stereocenters. The summed E-state index contributed by atoms with van der Waals surface area (Å²) in [5, 5.41) is 14.2. The molecule has 2 aromatic rings. The topological polar surface area (TPSA) is 186 Å². The fraction of sp³-hybridized carbons (Fsp3) is 0.345. The van der Waals surface area contributed by atoms with Crippen molar-refractivity contribution >= 4 is 35.7 Å². The lowest BCUT2D eigenvalue weighted by Gasteiger charge is -2.25. The van der Waals surface area contributed by atoms with Gasteiger partial charge in [-0.1, -0.05) is 24.3 Å². The maximum absolute atomic E-state index is 13.4. The molecule has 1 saturated heterocycles. The molecule has 0 radical (unpaired) electrons. The molecule has 1 atom stereocenters. The van der Waals surface area contributed by atoms with E-state index in [1.165, 1.54) is 48.2 Å². The molecule has 0 aliphatic carbocycles. The zero-order valence-electron chi connectivity index (χ0n) is 24.0. The molecule has 1 heterocycles. The number of likely N-dealkylation sites (tertiary alicyclic amines) is 1. The summed E-state index contributed by atoms with van der Waals surface area (Å²) in [4.78, 5) is 63.5. The van der Waals surface area contributed by atoms with Gasteiger partial charge in [0.05, 0.1) is 19.1 Å². The van der Waals surface area contributed by atoms with Gasteiger partial charge in [-0.05, 0) is 60.2 Å². The van der Waals surface area contributed by atoms with Gasteiger partial charge in [0, 0.05) is 20.0 Å². The maximum atomic E-state index is 13.4. The molecule has 1 fully saturated rings. The number of carboxylic acid groups (broad SMARTS) is 1. The predicted molar refractivity (Wildman–Crippen MR) is 150 cm³/mol. The number of alkyl halides is 3. The summed E-state index contributed by atoms with van der Waals surface area (Å²) in [6.45, 7) is 1.63. The number of ether oxygens (including phenoxy) is 2. The number of aliphatic carboxylic acids is 1. The van der Waals surface area contributed by atoms with Gasteiger partial charge in [-0.3, -0.25) is 19.2 Å². The lowest BCUT2D eigenvalue weighted by molar-refractivity contribution is -0.274. The fourth-order valence-electron chi connectivity index (χ4n) is 4.46. The van der Waals surface area contributed by atoms with E-state index in [1.54, 1.807) is 0 Å². The van der Waals surface area contributed by atoms with Crippen molar-refractivity contribution in [3.05, 3.63) is 70.4 Å². The number of amides is 3. The monoisotopic (exact) mass is 622 g/mol. The van der Waals surface area contributed by atoms with Crippen LogP contribution in [0, 0.1) is 0 Å². The third-order valence-corrected chi connectivity index (χ3v) is 6.36. The van der Waals surface area contributed by atoms with Crippen molar-refractivity contribution in [2.45, 2.75) is 51.6 Å². The number of esters is 1. The summed E-state index contributed by atoms with van der Waals surface area (Å²) in [5.74, 6) is -4.11. The van der Waals surface area contributed by atoms with Crippen molar-refractivity contribution in [1.29, 1.82) is 0 Å². The van der Waals surface area contributed by atoms with Crippen LogP contribution in [0.15, 0.2) is 48.2 Å². The molecule has 0 spiro atoms. The van der Waals surface area contributed by atoms with Gasteiger partial charge in [0.2, 0.25) is 11.8 Å². The Balaban J connectivity index is 0.00000675. The Labute approximate surface area is 250 Å². The van der Waals surface area contributed by atoms with Crippen molar-refractivity contribution in [3.8, 4) is 5.75 Å². The summed E-state index contributed by atoms with van der Waals surface area (Å²) in [7, 11) is 1.13. The molecule has 15 heteroatoms. The molecule has 12 nitrogen and oxygen atoms in total. The second-order valence-electron chi connectivity index (χ2n) is 9.69. The van der Waals surface area contributed by atoms with Gasteiger partial charge in [0.25, 0.3) is 5.91 Å². The first kappa shape index (κ1) is 35.3. The first-order valence-electron chi connectivity index (χ1n) is 13.1. The molecule has 2 aromatic carbocycles. The quantitative estimate of drug-likeness (QED) is 0.228. The van der Waals surface area contributed by atoms with Gasteiger partial charge in [0.1, 0.15) is 17.5 Å². The predicted octanol–water partition coefficient (Wildman–Crippen LogP) is 3.34. The number of halogens is 3. The second kappa shape index (κ2) is 15.5. The smallest absolute Gasteiger partial charge is 0.481 e. The number of benzene rings is 2. The van der Waals surface area contributed by atoms with Crippen LogP contribution in [0.5, 0.6) is 5.75 Å². The SMILES string of the molecule is COC(=O)c1cc(/C=C(\NC(C)=O)C(=O)N[C@H]2CCCCN(Cc3ccc(OC(F)(F)F)cc3)C2=O)ccc1CC(=O)O.N. The molecule has 3 amide bonds. The van der Waals surface area contributed by atoms with Gasteiger partial charge >= 0.3 is 18.3 Å². The average molecular weight is 623 g/mol. The molecule has 3 rings (SSSR count). The van der Waals surface area contributed by atoms with Gasteiger partial charge in [-0.2, -0.15) is 0 Å². The maximum Gasteiger partial charge on any atom is 0.573 e. The highest BCUT2D eigenvalue weighted by atomic mass is 19.4. The number of carboxylic acids is 1. The third-order valence-electron chi connectivity index (χ3n) is 6.36. The molecule has 0 aromatic heterocycles. The number of rotatable bonds is 10. The zero-order valence-corrected chi connectivity index (χ0v) is 24.0. The summed E-state index contributed by atoms with van der Waals surface area (Å²) in [6.07, 6.45) is -2.47. The molecule has 0 bridgehead atoms. The van der Waals surface area contributed by atoms with Crippen molar-refractivity contribution in [3.63, 3.8) is 0 Å². The average Bonchev–Trinajstić information content (AvgIpc) is 3.09. The molecule has 44 heavy (non-hydrogen) atoms. The van der Waals surface area contributed by atoms with Crippen molar-refractivity contribution in [2.75, 3.05) is 13.7 Å². The number of nitrogens with one attached hydrogen (secondary N) is 2. The van der Waals surface area contributed by atoms with Crippen molar-refractivity contribution in [1.82, 2.24) is 21.7 Å². The van der Waals surface area contributed by atoms with Crippen molar-refractivity contribution in [2.24, 2.45) is 0 Å². The van der Waals surface area contributed by atoms with E-state index in [9.17, 15) is 37.1 Å². The molecule has 1 aliphatic rings. The lowest BCUT2D eigenvalue weighted by Crippen LogP contribution is -2.48. The summed E-state index contributed by atoms with van der Waals surface area (Å²) >= 11 is 0. The number of nitrogens with zero attached hydrogens (tertiary/aromatic N) is 1. The van der Waals surface area contributed by atoms with Crippen LogP contribution in [0.3, 0.4) is 0 Å². The van der Waals surface area contributed by atoms with Crippen LogP contribution in [-0.4, -0.2) is 65.7 Å². The van der Waals surface area contributed by atoms with Crippen molar-refractivity contribution < 1.29 is 51.7 Å². The summed E-state index contributed by atoms with van der Waals surface area (Å²) in [5.41, 5.74) is 0.766. The minimum atomic E-state index is -4.83. The summed E-state index contributed by atoms with van der Waals surface area (Å²) in [6, 6.07) is 8.34. The van der Waals surface area contributed by atoms with Crippen LogP contribution >= 0.6 is 0 Å². The first-order chi connectivity index (χ1) is 20.3. The van der Waals surface area contributed by atoms with Crippen LogP contribution in [0.4, 0.5) is 13.2 Å². The molecule has 1 aliphatic heterocycles. The Morgan fingerprint density at radius 1 is 1.09 bits per heavy atom. The van der Waals surface area contributed by atoms with E-state index in [0.717, 1.165) is 19.2 Å². The van der Waals surface area contributed by atoms with E-state index in [0.29, 0.717) is 31.4 Å². The highest BCUT2D eigenvalue weighted by Gasteiger charge is 2.32. The Kier molecular flexibility index (Phi) is 12.4. The van der Waals surface area contributed by atoms with Crippen LogP contribution in [0.25, 0.3) is 6.08 Å². The second-order valence-corrected chi connectivity index (χ2v) is 9.69. The van der Waals surface area contributed by atoms with E-state index in [4.69, 9.17) is 9.84 Å². The highest BCUT2D eigenvalue weighted by Crippen LogP contribution is 2.24. The zero-order chi connectivity index (χ0) is 31.7. The number of hydrogen-bond acceptors (Lipinski definition) is 8. The highest BCUT2D eigenvalue weighted by molar-refractivity contribution is 6.03. The van der Waals surface area contributed by atoms with E-state index in [-0.39, 0.29) is 35.1 Å². The van der Waals surface area contributed by atoms with Gasteiger partial charge < -0.3 is 36.3 Å². The number of carbonyl (C=O) groups excluding carboxylic acids is 4. The minimum absolute atomic E-state index is 0. The lowest BCUT2D eigenvalue weighted by atomic mass is 10.0. The molecular weight excluding hydrogens is 589 g/mol. The van der Waals surface area contributed by atoms with Gasteiger partial charge in [-0.25, -0.2) is 4.79 Å². The van der Waals surface area contributed by atoms with E-state index in [1.807, 2.05) is 0 Å². The van der Waals surface area contributed by atoms with Crippen LogP contribution in [0.1, 0.15) is 53.2 Å². The standard InChI is InChI=1S/C29H30F3N3O8.H3N/c1-17(36)33-24(14-19-6-9-20(15-25(37)38)22(13-19)28(41)42-2)26(39)34-23-5-3-4-12-35(27(23)40)16-18-7-10-21(11-8-18)43-29(30,31)32;/h6-11,13-14,23H,3-5,12,15-16H2,1-2H3,(H,33,36)(H,34,39)(H,37,38);1H3/b24-14-;/t23-;/m0./s1. The largest absolute Gasteiger partial charge is 0.573 e. The normalized spacial score (nSPS) is 15.4. The number of methoxy groups -OCH3 is 1. The van der Waals surface area contributed by atoms with Crippen LogP contribution in [-0.2, 0) is 36.9 Å². The number of carbonyl (C=O) groups is 5. The third kappa shape index (κ3) is 10.4. The molecular formula is C29H33F3N4O8. The number of hydrogen-bond donors (Lipinski definition) is 4. The van der Waals surface area contributed by atoms with Gasteiger partial charge in [0.15, 0.2) is 0 Å². The van der Waals surface area contributed by atoms with E-state index >= 15 is 0 Å². The molecule has 0 saturated carbocycles. The minimum Gasteiger partial charge on any atom is -0.481 e. The van der Waals surface area contributed by atoms with E-state index in [2.05, 4.69) is 15.4 Å². The Morgan fingerprint density at radius 2 is 1.77 bits per heavy atom. The first-order valence-corrected chi connectivity index (χ1v) is 13.1. The van der Waals surface area contributed by atoms with Gasteiger partial charge in [-0.15, -0.1) is 13.2 Å². The van der Waals surface area contributed by atoms with Crippen LogP contribution < -0.4 is 21.5 Å². The Bertz CT molecular complexity index is 1410. The summed E-state index contributed by atoms with van der Waals surface area (Å²) < 4.78 is 46.0. The molecule has 238 valence electrons. The van der Waals surface area contributed by atoms with Crippen LogP contribution in [0.2, 0.25) is 0 Å². The molecule has 6 N–H and O–H groups in total. The Hall–Kier alpha value is -4.92. The Morgan fingerprint density at radius 3 is 2.36 bits per heavy atom. The van der Waals surface area contributed by atoms with E-state index < -0.39 is 54.2 Å². The fourth-order valence-corrected chi connectivity index (χ4v) is 4.46.